The van der Waals surface area contributed by atoms with E-state index in [4.69, 9.17) is 0 Å². The van der Waals surface area contributed by atoms with Gasteiger partial charge < -0.3 is 5.11 Å². The average molecular weight is 202 g/mol. The summed E-state index contributed by atoms with van der Waals surface area (Å²) in [6.07, 6.45) is 0. The molecule has 80 valence electrons. The molecule has 1 rings (SSSR count). The van der Waals surface area contributed by atoms with Crippen LogP contribution in [0.25, 0.3) is 0 Å². The number of benzene rings is 1. The van der Waals surface area contributed by atoms with E-state index in [2.05, 4.69) is 11.8 Å². The summed E-state index contributed by atoms with van der Waals surface area (Å²) in [7, 11) is 0. The Balaban J connectivity index is 2.92. The zero-order valence-corrected chi connectivity index (χ0v) is 9.83. The van der Waals surface area contributed by atoms with Gasteiger partial charge in [0.2, 0.25) is 0 Å². The molecule has 0 aliphatic carbocycles. The van der Waals surface area contributed by atoms with Gasteiger partial charge in [-0.2, -0.15) is 0 Å². The molecule has 1 N–H and O–H groups in total. The van der Waals surface area contributed by atoms with E-state index in [-0.39, 0.29) is 5.41 Å². The Morgan fingerprint density at radius 3 is 2.00 bits per heavy atom. The van der Waals surface area contributed by atoms with Crippen LogP contribution < -0.4 is 0 Å². The van der Waals surface area contributed by atoms with Crippen LogP contribution in [0.4, 0.5) is 0 Å². The fraction of sp³-hybridized carbons (Fsp3) is 0.429. The molecule has 0 unspecified atom stereocenters. The monoisotopic (exact) mass is 202 g/mol. The lowest BCUT2D eigenvalue weighted by Gasteiger charge is -2.32. The molecule has 0 saturated heterocycles. The predicted octanol–water partition coefficient (Wildman–Crippen LogP) is 2.84. The van der Waals surface area contributed by atoms with Crippen LogP contribution >= 0.6 is 0 Å². The van der Waals surface area contributed by atoms with Gasteiger partial charge >= 0.3 is 0 Å². The fourth-order valence-electron chi connectivity index (χ4n) is 0.903. The molecule has 0 aliphatic heterocycles. The molecule has 1 aromatic rings. The SMILES string of the molecule is CC(C)(C)[C@](C)(O)C#Cc1ccccc1. The standard InChI is InChI=1S/C14H18O/c1-13(2,3)14(4,15)11-10-12-8-6-5-7-9-12/h5-9,15H,1-4H3/t14-/m1/s1. The Labute approximate surface area is 92.1 Å². The molecule has 1 heteroatoms. The van der Waals surface area contributed by atoms with Crippen LogP contribution in [0.15, 0.2) is 30.3 Å². The van der Waals surface area contributed by atoms with E-state index in [0.717, 1.165) is 5.56 Å². The van der Waals surface area contributed by atoms with E-state index in [1.807, 2.05) is 51.1 Å². The summed E-state index contributed by atoms with van der Waals surface area (Å²) in [5.74, 6) is 5.91. The van der Waals surface area contributed by atoms with Crippen molar-refractivity contribution >= 4 is 0 Å². The molecule has 0 amide bonds. The highest BCUT2D eigenvalue weighted by atomic mass is 16.3. The lowest BCUT2D eigenvalue weighted by molar-refractivity contribution is 0.0129. The minimum Gasteiger partial charge on any atom is -0.377 e. The molecule has 0 bridgehead atoms. The Hall–Kier alpha value is -1.26. The van der Waals surface area contributed by atoms with E-state index < -0.39 is 5.60 Å². The minimum absolute atomic E-state index is 0.241. The summed E-state index contributed by atoms with van der Waals surface area (Å²) < 4.78 is 0. The smallest absolute Gasteiger partial charge is 0.127 e. The molecular weight excluding hydrogens is 184 g/mol. The van der Waals surface area contributed by atoms with Gasteiger partial charge in [0, 0.05) is 11.0 Å². The maximum Gasteiger partial charge on any atom is 0.127 e. The molecule has 15 heavy (non-hydrogen) atoms. The first-order chi connectivity index (χ1) is 6.83. The van der Waals surface area contributed by atoms with Gasteiger partial charge in [0.25, 0.3) is 0 Å². The Morgan fingerprint density at radius 2 is 1.53 bits per heavy atom. The second kappa shape index (κ2) is 4.08. The maximum atomic E-state index is 10.1. The lowest BCUT2D eigenvalue weighted by Crippen LogP contribution is -2.38. The van der Waals surface area contributed by atoms with Crippen LogP contribution in [0.1, 0.15) is 33.3 Å². The van der Waals surface area contributed by atoms with E-state index in [1.165, 1.54) is 0 Å². The normalized spacial score (nSPS) is 15.0. The maximum absolute atomic E-state index is 10.1. The van der Waals surface area contributed by atoms with Gasteiger partial charge in [0.1, 0.15) is 5.60 Å². The van der Waals surface area contributed by atoms with Crippen molar-refractivity contribution in [2.45, 2.75) is 33.3 Å². The quantitative estimate of drug-likeness (QED) is 0.641. The lowest BCUT2D eigenvalue weighted by atomic mass is 9.78. The van der Waals surface area contributed by atoms with Crippen molar-refractivity contribution in [1.29, 1.82) is 0 Å². The van der Waals surface area contributed by atoms with Gasteiger partial charge in [-0.1, -0.05) is 50.8 Å². The predicted molar refractivity (Wildman–Crippen MR) is 63.4 cm³/mol. The third-order valence-corrected chi connectivity index (χ3v) is 2.68. The highest BCUT2D eigenvalue weighted by Gasteiger charge is 2.33. The molecule has 0 radical (unpaired) electrons. The Bertz CT molecular complexity index is 371. The molecule has 0 aromatic heterocycles. The molecule has 1 aromatic carbocycles. The van der Waals surface area contributed by atoms with Crippen molar-refractivity contribution in [3.05, 3.63) is 35.9 Å². The van der Waals surface area contributed by atoms with Crippen LogP contribution in [-0.2, 0) is 0 Å². The van der Waals surface area contributed by atoms with E-state index >= 15 is 0 Å². The Morgan fingerprint density at radius 1 is 1.00 bits per heavy atom. The minimum atomic E-state index is -0.969. The zero-order chi connectivity index (χ0) is 11.5. The average Bonchev–Trinajstić information content (AvgIpc) is 2.15. The highest BCUT2D eigenvalue weighted by Crippen LogP contribution is 2.29. The van der Waals surface area contributed by atoms with E-state index in [1.54, 1.807) is 6.92 Å². The summed E-state index contributed by atoms with van der Waals surface area (Å²) in [6.45, 7) is 7.69. The molecule has 0 aliphatic rings. The molecule has 0 spiro atoms. The van der Waals surface area contributed by atoms with Crippen molar-refractivity contribution in [2.24, 2.45) is 5.41 Å². The molecule has 1 nitrogen and oxygen atoms in total. The first-order valence-electron chi connectivity index (χ1n) is 5.13. The summed E-state index contributed by atoms with van der Waals surface area (Å²) in [6, 6.07) is 9.70. The zero-order valence-electron chi connectivity index (χ0n) is 9.83. The van der Waals surface area contributed by atoms with Crippen LogP contribution in [0, 0.1) is 17.3 Å². The van der Waals surface area contributed by atoms with Crippen molar-refractivity contribution < 1.29 is 5.11 Å². The molecular formula is C14H18O. The van der Waals surface area contributed by atoms with E-state index in [0.29, 0.717) is 0 Å². The van der Waals surface area contributed by atoms with Crippen molar-refractivity contribution in [3.8, 4) is 11.8 Å². The fourth-order valence-corrected chi connectivity index (χ4v) is 0.903. The highest BCUT2D eigenvalue weighted by molar-refractivity contribution is 5.36. The third kappa shape index (κ3) is 3.11. The van der Waals surface area contributed by atoms with Crippen LogP contribution in [0.3, 0.4) is 0 Å². The number of hydrogen-bond acceptors (Lipinski definition) is 1. The van der Waals surface area contributed by atoms with Gasteiger partial charge in [-0.25, -0.2) is 0 Å². The van der Waals surface area contributed by atoms with Crippen LogP contribution in [-0.4, -0.2) is 10.7 Å². The van der Waals surface area contributed by atoms with Crippen LogP contribution in [0.5, 0.6) is 0 Å². The van der Waals surface area contributed by atoms with Gasteiger partial charge in [0.15, 0.2) is 0 Å². The Kier molecular flexibility index (Phi) is 3.21. The second-order valence-corrected chi connectivity index (χ2v) is 4.94. The molecule has 0 saturated carbocycles. The molecule has 0 fully saturated rings. The first-order valence-corrected chi connectivity index (χ1v) is 5.13. The van der Waals surface area contributed by atoms with E-state index in [9.17, 15) is 5.11 Å². The van der Waals surface area contributed by atoms with Crippen molar-refractivity contribution in [2.75, 3.05) is 0 Å². The second-order valence-electron chi connectivity index (χ2n) is 4.94. The number of aliphatic hydroxyl groups is 1. The molecule has 1 atom stereocenters. The summed E-state index contributed by atoms with van der Waals surface area (Å²) in [5, 5.41) is 10.1. The van der Waals surface area contributed by atoms with Gasteiger partial charge in [-0.3, -0.25) is 0 Å². The van der Waals surface area contributed by atoms with Gasteiger partial charge in [-0.05, 0) is 19.1 Å². The number of rotatable bonds is 0. The third-order valence-electron chi connectivity index (χ3n) is 2.68. The molecule has 0 heterocycles. The first kappa shape index (κ1) is 11.8. The summed E-state index contributed by atoms with van der Waals surface area (Å²) in [5.41, 5.74) is -0.278. The number of hydrogen-bond donors (Lipinski definition) is 1. The summed E-state index contributed by atoms with van der Waals surface area (Å²) in [4.78, 5) is 0. The van der Waals surface area contributed by atoms with Gasteiger partial charge in [-0.15, -0.1) is 0 Å². The van der Waals surface area contributed by atoms with Crippen molar-refractivity contribution in [1.82, 2.24) is 0 Å². The topological polar surface area (TPSA) is 20.2 Å². The largest absolute Gasteiger partial charge is 0.377 e. The van der Waals surface area contributed by atoms with Gasteiger partial charge in [0.05, 0.1) is 0 Å². The van der Waals surface area contributed by atoms with Crippen LogP contribution in [0.2, 0.25) is 0 Å². The van der Waals surface area contributed by atoms with Crippen molar-refractivity contribution in [3.63, 3.8) is 0 Å². The summed E-state index contributed by atoms with van der Waals surface area (Å²) >= 11 is 0.